The zero-order chi connectivity index (χ0) is 16.4. The fraction of sp³-hybridized carbons (Fsp3) is 0.571. The Bertz CT molecular complexity index is 608. The van der Waals surface area contributed by atoms with E-state index in [9.17, 15) is 21.6 Å². The van der Waals surface area contributed by atoms with Crippen molar-refractivity contribution in [3.8, 4) is 0 Å². The van der Waals surface area contributed by atoms with Crippen molar-refractivity contribution >= 4 is 10.0 Å². The fourth-order valence-electron chi connectivity index (χ4n) is 2.63. The van der Waals surface area contributed by atoms with Crippen LogP contribution >= 0.6 is 0 Å². The van der Waals surface area contributed by atoms with Gasteiger partial charge in [-0.1, -0.05) is 12.1 Å². The Hall–Kier alpha value is -1.12. The molecule has 0 aliphatic heterocycles. The maximum atomic E-state index is 12.9. The number of alkyl halides is 3. The topological polar surface area (TPSA) is 55.4 Å². The van der Waals surface area contributed by atoms with Gasteiger partial charge in [-0.15, -0.1) is 0 Å². The van der Waals surface area contributed by atoms with Gasteiger partial charge in [0.05, 0.1) is 16.6 Å². The maximum Gasteiger partial charge on any atom is 0.417 e. The number of halogens is 3. The van der Waals surface area contributed by atoms with Crippen LogP contribution in [-0.2, 0) is 20.9 Å². The molecule has 0 amide bonds. The highest BCUT2D eigenvalue weighted by molar-refractivity contribution is 7.89. The molecule has 1 aliphatic carbocycles. The van der Waals surface area contributed by atoms with Gasteiger partial charge >= 0.3 is 6.18 Å². The van der Waals surface area contributed by atoms with Gasteiger partial charge in [0, 0.05) is 13.2 Å². The molecule has 1 N–H and O–H groups in total. The third-order valence-electron chi connectivity index (χ3n) is 3.81. The van der Waals surface area contributed by atoms with Crippen molar-refractivity contribution < 1.29 is 26.3 Å². The average molecular weight is 337 g/mol. The minimum Gasteiger partial charge on any atom is -0.381 e. The van der Waals surface area contributed by atoms with Crippen molar-refractivity contribution in [1.29, 1.82) is 0 Å². The van der Waals surface area contributed by atoms with E-state index in [2.05, 4.69) is 4.72 Å². The van der Waals surface area contributed by atoms with Gasteiger partial charge in [0.2, 0.25) is 10.0 Å². The Labute approximate surface area is 127 Å². The lowest BCUT2D eigenvalue weighted by molar-refractivity contribution is -0.139. The van der Waals surface area contributed by atoms with Gasteiger partial charge in [-0.25, -0.2) is 13.1 Å². The van der Waals surface area contributed by atoms with Crippen LogP contribution in [0, 0.1) is 0 Å². The Balaban J connectivity index is 2.18. The lowest BCUT2D eigenvalue weighted by Crippen LogP contribution is -2.39. The van der Waals surface area contributed by atoms with Crippen LogP contribution in [-0.4, -0.2) is 27.7 Å². The van der Waals surface area contributed by atoms with E-state index < -0.39 is 26.7 Å². The minimum absolute atomic E-state index is 0.0863. The lowest BCUT2D eigenvalue weighted by Gasteiger charge is -2.28. The highest BCUT2D eigenvalue weighted by Crippen LogP contribution is 2.34. The summed E-state index contributed by atoms with van der Waals surface area (Å²) in [4.78, 5) is -0.726. The summed E-state index contributed by atoms with van der Waals surface area (Å²) >= 11 is 0. The van der Waals surface area contributed by atoms with E-state index in [0.717, 1.165) is 12.1 Å². The van der Waals surface area contributed by atoms with Crippen molar-refractivity contribution in [3.05, 3.63) is 29.8 Å². The summed E-state index contributed by atoms with van der Waals surface area (Å²) in [7, 11) is -2.62. The molecule has 0 spiro atoms. The first-order chi connectivity index (χ1) is 10.2. The molecule has 2 rings (SSSR count). The molecule has 1 aliphatic rings. The molecule has 4 nitrogen and oxygen atoms in total. The van der Waals surface area contributed by atoms with E-state index in [-0.39, 0.29) is 12.1 Å². The summed E-state index contributed by atoms with van der Waals surface area (Å²) in [6.45, 7) is 0. The quantitative estimate of drug-likeness (QED) is 0.919. The Kier molecular flexibility index (Phi) is 5.14. The van der Waals surface area contributed by atoms with Gasteiger partial charge in [0.25, 0.3) is 0 Å². The summed E-state index contributed by atoms with van der Waals surface area (Å²) in [5, 5.41) is 0. The molecule has 0 radical (unpaired) electrons. The summed E-state index contributed by atoms with van der Waals surface area (Å²) < 4.78 is 71.0. The van der Waals surface area contributed by atoms with E-state index in [1.165, 1.54) is 12.1 Å². The van der Waals surface area contributed by atoms with Crippen LogP contribution < -0.4 is 4.72 Å². The predicted molar refractivity (Wildman–Crippen MR) is 74.8 cm³/mol. The molecule has 1 aromatic carbocycles. The number of hydrogen-bond acceptors (Lipinski definition) is 3. The monoisotopic (exact) mass is 337 g/mol. The van der Waals surface area contributed by atoms with Gasteiger partial charge in [0.1, 0.15) is 0 Å². The molecular weight excluding hydrogens is 319 g/mol. The standard InChI is InChI=1S/C14H18F3NO3S/c1-21-11-8-6-10(7-9-11)18-22(19,20)13-5-3-2-4-12(13)14(15,16)17/h2-5,10-11,18H,6-9H2,1H3. The molecule has 1 saturated carbocycles. The van der Waals surface area contributed by atoms with Crippen LogP contribution in [0.15, 0.2) is 29.2 Å². The molecule has 1 fully saturated rings. The second-order valence-electron chi connectivity index (χ2n) is 5.32. The van der Waals surface area contributed by atoms with E-state index in [1.54, 1.807) is 7.11 Å². The third kappa shape index (κ3) is 3.99. The largest absolute Gasteiger partial charge is 0.417 e. The van der Waals surface area contributed by atoms with E-state index in [4.69, 9.17) is 4.74 Å². The number of ether oxygens (including phenoxy) is 1. The van der Waals surface area contributed by atoms with E-state index in [1.807, 2.05) is 0 Å². The van der Waals surface area contributed by atoms with Crippen LogP contribution in [0.5, 0.6) is 0 Å². The molecule has 1 aromatic rings. The van der Waals surface area contributed by atoms with Gasteiger partial charge < -0.3 is 4.74 Å². The second kappa shape index (κ2) is 6.55. The van der Waals surface area contributed by atoms with Gasteiger partial charge in [-0.3, -0.25) is 0 Å². The molecule has 8 heteroatoms. The second-order valence-corrected chi connectivity index (χ2v) is 7.01. The van der Waals surface area contributed by atoms with Crippen molar-refractivity contribution in [2.45, 2.75) is 48.9 Å². The van der Waals surface area contributed by atoms with Gasteiger partial charge in [-0.2, -0.15) is 13.2 Å². The summed E-state index contributed by atoms with van der Waals surface area (Å²) in [6.07, 6.45) is -2.16. The van der Waals surface area contributed by atoms with Crippen LogP contribution in [0.1, 0.15) is 31.2 Å². The van der Waals surface area contributed by atoms with Gasteiger partial charge in [-0.05, 0) is 37.8 Å². The number of rotatable bonds is 4. The number of nitrogens with one attached hydrogen (secondary N) is 1. The van der Waals surface area contributed by atoms with Crippen LogP contribution in [0.25, 0.3) is 0 Å². The predicted octanol–water partition coefficient (Wildman–Crippen LogP) is 2.94. The van der Waals surface area contributed by atoms with Crippen LogP contribution in [0.2, 0.25) is 0 Å². The number of benzene rings is 1. The van der Waals surface area contributed by atoms with Crippen molar-refractivity contribution in [2.24, 2.45) is 0 Å². The Morgan fingerprint density at radius 3 is 2.27 bits per heavy atom. The normalized spacial score (nSPS) is 23.5. The van der Waals surface area contributed by atoms with Crippen molar-refractivity contribution in [1.82, 2.24) is 4.72 Å². The smallest absolute Gasteiger partial charge is 0.381 e. The summed E-state index contributed by atoms with van der Waals surface area (Å²) in [5.74, 6) is 0. The van der Waals surface area contributed by atoms with Crippen LogP contribution in [0.4, 0.5) is 13.2 Å². The molecule has 22 heavy (non-hydrogen) atoms. The first kappa shape index (κ1) is 17.2. The maximum absolute atomic E-state index is 12.9. The Morgan fingerprint density at radius 1 is 1.14 bits per heavy atom. The summed E-state index contributed by atoms with van der Waals surface area (Å²) in [5.41, 5.74) is -1.15. The Morgan fingerprint density at radius 2 is 1.73 bits per heavy atom. The average Bonchev–Trinajstić information content (AvgIpc) is 2.47. The first-order valence-electron chi connectivity index (χ1n) is 6.95. The molecule has 0 unspecified atom stereocenters. The fourth-order valence-corrected chi connectivity index (χ4v) is 4.17. The molecule has 0 atom stereocenters. The molecular formula is C14H18F3NO3S. The van der Waals surface area contributed by atoms with E-state index in [0.29, 0.717) is 25.7 Å². The zero-order valence-electron chi connectivity index (χ0n) is 12.1. The van der Waals surface area contributed by atoms with Crippen LogP contribution in [0.3, 0.4) is 0 Å². The molecule has 0 heterocycles. The zero-order valence-corrected chi connectivity index (χ0v) is 12.9. The third-order valence-corrected chi connectivity index (χ3v) is 5.39. The van der Waals surface area contributed by atoms with Crippen molar-refractivity contribution in [2.75, 3.05) is 7.11 Å². The SMILES string of the molecule is COC1CCC(NS(=O)(=O)c2ccccc2C(F)(F)F)CC1. The highest BCUT2D eigenvalue weighted by atomic mass is 32.2. The van der Waals surface area contributed by atoms with Crippen molar-refractivity contribution in [3.63, 3.8) is 0 Å². The van der Waals surface area contributed by atoms with Gasteiger partial charge in [0.15, 0.2) is 0 Å². The molecule has 0 bridgehead atoms. The van der Waals surface area contributed by atoms with E-state index >= 15 is 0 Å². The number of sulfonamides is 1. The molecule has 0 aromatic heterocycles. The molecule has 124 valence electrons. The summed E-state index contributed by atoms with van der Waals surface area (Å²) in [6, 6.07) is 3.84. The number of hydrogen-bond donors (Lipinski definition) is 1. The number of methoxy groups -OCH3 is 1. The molecule has 0 saturated heterocycles. The lowest BCUT2D eigenvalue weighted by atomic mass is 9.94. The first-order valence-corrected chi connectivity index (χ1v) is 8.43. The highest BCUT2D eigenvalue weighted by Gasteiger charge is 2.37. The minimum atomic E-state index is -4.71.